The number of piperidine rings is 1. The summed E-state index contributed by atoms with van der Waals surface area (Å²) in [6.45, 7) is 1.12. The Bertz CT molecular complexity index is 500. The van der Waals surface area contributed by atoms with Gasteiger partial charge < -0.3 is 10.3 Å². The van der Waals surface area contributed by atoms with E-state index in [2.05, 4.69) is 43.3 Å². The highest BCUT2D eigenvalue weighted by Crippen LogP contribution is 2.25. The minimum Gasteiger partial charge on any atom is -0.356 e. The van der Waals surface area contributed by atoms with E-state index < -0.39 is 0 Å². The van der Waals surface area contributed by atoms with Gasteiger partial charge in [-0.05, 0) is 47.4 Å². The van der Waals surface area contributed by atoms with Crippen molar-refractivity contribution < 1.29 is 0 Å². The zero-order valence-corrected chi connectivity index (χ0v) is 10.5. The molecule has 0 saturated carbocycles. The van der Waals surface area contributed by atoms with Crippen LogP contribution in [0, 0.1) is 0 Å². The molecule has 1 unspecified atom stereocenters. The lowest BCUT2D eigenvalue weighted by molar-refractivity contribution is 0.407. The van der Waals surface area contributed by atoms with Crippen molar-refractivity contribution in [2.24, 2.45) is 0 Å². The average Bonchev–Trinajstić information content (AvgIpc) is 2.73. The molecule has 0 aromatic carbocycles. The van der Waals surface area contributed by atoms with Crippen LogP contribution in [-0.2, 0) is 0 Å². The fourth-order valence-electron chi connectivity index (χ4n) is 2.31. The number of aromatic amines is 1. The summed E-state index contributed by atoms with van der Waals surface area (Å²) in [6.07, 6.45) is 5.66. The monoisotopic (exact) mass is 279 g/mol. The second-order valence-electron chi connectivity index (χ2n) is 4.31. The molecule has 0 aliphatic carbocycles. The fourth-order valence-corrected chi connectivity index (χ4v) is 2.64. The third-order valence-corrected chi connectivity index (χ3v) is 3.58. The predicted octanol–water partition coefficient (Wildman–Crippen LogP) is 3.14. The van der Waals surface area contributed by atoms with Gasteiger partial charge >= 0.3 is 0 Å². The lowest BCUT2D eigenvalue weighted by Crippen LogP contribution is -2.26. The number of fused-ring (bicyclic) bond motifs is 1. The van der Waals surface area contributed by atoms with Crippen molar-refractivity contribution in [2.75, 3.05) is 6.54 Å². The first kappa shape index (κ1) is 10.3. The molecule has 1 aliphatic heterocycles. The Kier molecular flexibility index (Phi) is 2.69. The quantitative estimate of drug-likeness (QED) is 0.842. The maximum Gasteiger partial charge on any atom is 0.0883 e. The molecule has 4 heteroatoms. The van der Waals surface area contributed by atoms with Crippen LogP contribution in [-0.4, -0.2) is 16.5 Å². The van der Waals surface area contributed by atoms with Gasteiger partial charge in [-0.25, -0.2) is 0 Å². The molecule has 2 aromatic rings. The molecule has 0 bridgehead atoms. The summed E-state index contributed by atoms with van der Waals surface area (Å²) in [5, 5.41) is 3.54. The van der Waals surface area contributed by atoms with Gasteiger partial charge in [-0.3, -0.25) is 4.98 Å². The number of pyridine rings is 1. The molecule has 1 aliphatic rings. The topological polar surface area (TPSA) is 40.7 Å². The normalized spacial score (nSPS) is 21.4. The highest BCUT2D eigenvalue weighted by atomic mass is 79.9. The summed E-state index contributed by atoms with van der Waals surface area (Å²) in [6, 6.07) is 4.71. The first-order valence-electron chi connectivity index (χ1n) is 5.70. The van der Waals surface area contributed by atoms with Crippen LogP contribution in [0.4, 0.5) is 0 Å². The van der Waals surface area contributed by atoms with Crippen molar-refractivity contribution >= 4 is 27.0 Å². The third-order valence-electron chi connectivity index (χ3n) is 3.14. The Morgan fingerprint density at radius 2 is 2.25 bits per heavy atom. The second-order valence-corrected chi connectivity index (χ2v) is 5.23. The summed E-state index contributed by atoms with van der Waals surface area (Å²) < 4.78 is 1.02. The van der Waals surface area contributed by atoms with E-state index in [1.54, 1.807) is 0 Å². The number of rotatable bonds is 1. The molecule has 3 heterocycles. The molecular weight excluding hydrogens is 266 g/mol. The fraction of sp³-hybridized carbons (Fsp3) is 0.417. The molecule has 2 aromatic heterocycles. The highest BCUT2D eigenvalue weighted by Gasteiger charge is 2.16. The predicted molar refractivity (Wildman–Crippen MR) is 68.4 cm³/mol. The Morgan fingerprint density at radius 3 is 3.06 bits per heavy atom. The van der Waals surface area contributed by atoms with Crippen LogP contribution in [0.5, 0.6) is 0 Å². The summed E-state index contributed by atoms with van der Waals surface area (Å²) in [5.41, 5.74) is 3.42. The van der Waals surface area contributed by atoms with E-state index in [1.807, 2.05) is 6.20 Å². The summed E-state index contributed by atoms with van der Waals surface area (Å²) in [4.78, 5) is 7.84. The average molecular weight is 280 g/mol. The Hall–Kier alpha value is -0.870. The Labute approximate surface area is 103 Å². The van der Waals surface area contributed by atoms with Gasteiger partial charge in [-0.2, -0.15) is 0 Å². The highest BCUT2D eigenvalue weighted by molar-refractivity contribution is 9.10. The van der Waals surface area contributed by atoms with E-state index in [0.29, 0.717) is 6.04 Å². The van der Waals surface area contributed by atoms with Gasteiger partial charge in [0.25, 0.3) is 0 Å². The first-order valence-corrected chi connectivity index (χ1v) is 6.50. The van der Waals surface area contributed by atoms with Crippen LogP contribution >= 0.6 is 15.9 Å². The number of nitrogens with one attached hydrogen (secondary N) is 2. The van der Waals surface area contributed by atoms with Crippen molar-refractivity contribution in [3.63, 3.8) is 0 Å². The van der Waals surface area contributed by atoms with Crippen molar-refractivity contribution in [3.05, 3.63) is 28.5 Å². The maximum atomic E-state index is 4.39. The SMILES string of the molecule is Brc1cnc2cc(C3CCCCN3)[nH]c2c1. The molecule has 1 saturated heterocycles. The van der Waals surface area contributed by atoms with E-state index in [4.69, 9.17) is 0 Å². The second kappa shape index (κ2) is 4.18. The van der Waals surface area contributed by atoms with Gasteiger partial charge in [-0.15, -0.1) is 0 Å². The van der Waals surface area contributed by atoms with Gasteiger partial charge in [0.2, 0.25) is 0 Å². The number of halogens is 1. The van der Waals surface area contributed by atoms with Crippen molar-refractivity contribution in [1.82, 2.24) is 15.3 Å². The van der Waals surface area contributed by atoms with Crippen LogP contribution in [0.3, 0.4) is 0 Å². The van der Waals surface area contributed by atoms with Gasteiger partial charge in [0.05, 0.1) is 11.0 Å². The molecule has 0 radical (unpaired) electrons. The molecule has 0 spiro atoms. The standard InChI is InChI=1S/C12H14BrN3/c13-8-5-11-10(15-7-8)6-12(16-11)9-3-1-2-4-14-9/h5-7,9,14,16H,1-4H2. The molecule has 84 valence electrons. The van der Waals surface area contributed by atoms with Crippen molar-refractivity contribution in [1.29, 1.82) is 0 Å². The smallest absolute Gasteiger partial charge is 0.0883 e. The Balaban J connectivity index is 1.97. The van der Waals surface area contributed by atoms with E-state index >= 15 is 0 Å². The number of aromatic nitrogens is 2. The van der Waals surface area contributed by atoms with E-state index in [0.717, 1.165) is 22.1 Å². The van der Waals surface area contributed by atoms with E-state index in [1.165, 1.54) is 25.0 Å². The lowest BCUT2D eigenvalue weighted by atomic mass is 10.0. The van der Waals surface area contributed by atoms with Crippen molar-refractivity contribution in [3.8, 4) is 0 Å². The van der Waals surface area contributed by atoms with Crippen molar-refractivity contribution in [2.45, 2.75) is 25.3 Å². The summed E-state index contributed by atoms with van der Waals surface area (Å²) in [7, 11) is 0. The number of hydrogen-bond acceptors (Lipinski definition) is 2. The van der Waals surface area contributed by atoms with Crippen LogP contribution in [0.2, 0.25) is 0 Å². The molecule has 3 nitrogen and oxygen atoms in total. The minimum absolute atomic E-state index is 0.474. The van der Waals surface area contributed by atoms with E-state index in [9.17, 15) is 0 Å². The molecule has 1 fully saturated rings. The zero-order valence-electron chi connectivity index (χ0n) is 8.96. The van der Waals surface area contributed by atoms with Crippen LogP contribution in [0.15, 0.2) is 22.8 Å². The Morgan fingerprint density at radius 1 is 1.31 bits per heavy atom. The maximum absolute atomic E-state index is 4.39. The summed E-state index contributed by atoms with van der Waals surface area (Å²) >= 11 is 3.44. The first-order chi connectivity index (χ1) is 7.83. The van der Waals surface area contributed by atoms with Gasteiger partial charge in [0.1, 0.15) is 0 Å². The minimum atomic E-state index is 0.474. The summed E-state index contributed by atoms with van der Waals surface area (Å²) in [5.74, 6) is 0. The number of H-pyrrole nitrogens is 1. The lowest BCUT2D eigenvalue weighted by Gasteiger charge is -2.22. The molecule has 16 heavy (non-hydrogen) atoms. The molecule has 3 rings (SSSR count). The van der Waals surface area contributed by atoms with E-state index in [-0.39, 0.29) is 0 Å². The van der Waals surface area contributed by atoms with Gasteiger partial charge in [-0.1, -0.05) is 6.42 Å². The van der Waals surface area contributed by atoms with Crippen LogP contribution < -0.4 is 5.32 Å². The van der Waals surface area contributed by atoms with Gasteiger partial charge in [0, 0.05) is 22.4 Å². The number of hydrogen-bond donors (Lipinski definition) is 2. The van der Waals surface area contributed by atoms with Crippen LogP contribution in [0.25, 0.3) is 11.0 Å². The molecular formula is C12H14BrN3. The van der Waals surface area contributed by atoms with Gasteiger partial charge in [0.15, 0.2) is 0 Å². The molecule has 2 N–H and O–H groups in total. The largest absolute Gasteiger partial charge is 0.356 e. The number of nitrogens with zero attached hydrogens (tertiary/aromatic N) is 1. The zero-order chi connectivity index (χ0) is 11.0. The van der Waals surface area contributed by atoms with Crippen LogP contribution in [0.1, 0.15) is 31.0 Å². The third kappa shape index (κ3) is 1.87. The molecule has 0 amide bonds. The molecule has 1 atom stereocenters.